The van der Waals surface area contributed by atoms with E-state index in [-0.39, 0.29) is 0 Å². The first-order chi connectivity index (χ1) is 7.24. The van der Waals surface area contributed by atoms with Crippen LogP contribution < -0.4 is 10.2 Å². The van der Waals surface area contributed by atoms with Gasteiger partial charge in [-0.2, -0.15) is 0 Å². The van der Waals surface area contributed by atoms with Crippen LogP contribution in [0.2, 0.25) is 0 Å². The molecule has 2 heteroatoms. The van der Waals surface area contributed by atoms with Gasteiger partial charge in [0.2, 0.25) is 0 Å². The van der Waals surface area contributed by atoms with Crippen molar-refractivity contribution in [2.24, 2.45) is 0 Å². The van der Waals surface area contributed by atoms with Gasteiger partial charge in [0.25, 0.3) is 0 Å². The van der Waals surface area contributed by atoms with Crippen molar-refractivity contribution in [2.75, 3.05) is 31.6 Å². The fourth-order valence-corrected chi connectivity index (χ4v) is 1.48. The minimum Gasteiger partial charge on any atom is -0.373 e. The molecule has 0 saturated carbocycles. The molecule has 0 bridgehead atoms. The Morgan fingerprint density at radius 2 is 1.80 bits per heavy atom. The van der Waals surface area contributed by atoms with Gasteiger partial charge in [-0.3, -0.25) is 0 Å². The Bertz CT molecular complexity index is 266. The fraction of sp³-hybridized carbons (Fsp3) is 0.538. The summed E-state index contributed by atoms with van der Waals surface area (Å²) in [5.41, 5.74) is 2.61. The minimum atomic E-state index is 1.05. The van der Waals surface area contributed by atoms with Crippen molar-refractivity contribution in [3.8, 4) is 0 Å². The van der Waals surface area contributed by atoms with Crippen LogP contribution in [0.4, 0.5) is 5.69 Å². The van der Waals surface area contributed by atoms with Crippen molar-refractivity contribution in [2.45, 2.75) is 20.3 Å². The molecule has 1 aromatic rings. The maximum Gasteiger partial charge on any atom is 0.0364 e. The van der Waals surface area contributed by atoms with Gasteiger partial charge in [0, 0.05) is 25.8 Å². The Kier molecular flexibility index (Phi) is 5.19. The third kappa shape index (κ3) is 4.34. The summed E-state index contributed by atoms with van der Waals surface area (Å²) in [6.07, 6.45) is 1.20. The number of rotatable bonds is 6. The SMILES string of the molecule is CCCNCCN(C)c1ccc(C)cc1. The van der Waals surface area contributed by atoms with E-state index in [2.05, 4.69) is 55.4 Å². The molecular formula is C13H22N2. The zero-order valence-electron chi connectivity index (χ0n) is 10.1. The first-order valence-electron chi connectivity index (χ1n) is 5.72. The van der Waals surface area contributed by atoms with Crippen molar-refractivity contribution in [1.29, 1.82) is 0 Å². The Morgan fingerprint density at radius 1 is 1.13 bits per heavy atom. The normalized spacial score (nSPS) is 10.3. The number of nitrogens with zero attached hydrogens (tertiary/aromatic N) is 1. The van der Waals surface area contributed by atoms with Crippen LogP contribution in [0.3, 0.4) is 0 Å². The summed E-state index contributed by atoms with van der Waals surface area (Å²) in [5.74, 6) is 0. The highest BCUT2D eigenvalue weighted by atomic mass is 15.1. The van der Waals surface area contributed by atoms with Gasteiger partial charge in [-0.25, -0.2) is 0 Å². The molecule has 0 aromatic heterocycles. The second-order valence-electron chi connectivity index (χ2n) is 4.01. The molecule has 84 valence electrons. The van der Waals surface area contributed by atoms with Gasteiger partial charge >= 0.3 is 0 Å². The monoisotopic (exact) mass is 206 g/mol. The van der Waals surface area contributed by atoms with Crippen molar-refractivity contribution < 1.29 is 0 Å². The van der Waals surface area contributed by atoms with Crippen molar-refractivity contribution in [3.05, 3.63) is 29.8 Å². The molecule has 1 rings (SSSR count). The summed E-state index contributed by atoms with van der Waals surface area (Å²) in [6, 6.07) is 8.67. The van der Waals surface area contributed by atoms with Gasteiger partial charge in [-0.1, -0.05) is 24.6 Å². The van der Waals surface area contributed by atoms with E-state index in [1.807, 2.05) is 0 Å². The summed E-state index contributed by atoms with van der Waals surface area (Å²) in [7, 11) is 2.14. The molecule has 0 aliphatic heterocycles. The molecule has 1 N–H and O–H groups in total. The molecule has 0 heterocycles. The molecule has 0 atom stereocenters. The Labute approximate surface area is 93.3 Å². The Morgan fingerprint density at radius 3 is 2.40 bits per heavy atom. The maximum atomic E-state index is 3.41. The van der Waals surface area contributed by atoms with E-state index in [0.717, 1.165) is 19.6 Å². The molecule has 0 saturated heterocycles. The van der Waals surface area contributed by atoms with Gasteiger partial charge in [0.1, 0.15) is 0 Å². The first-order valence-corrected chi connectivity index (χ1v) is 5.72. The zero-order valence-corrected chi connectivity index (χ0v) is 10.1. The van der Waals surface area contributed by atoms with Gasteiger partial charge in [-0.05, 0) is 32.0 Å². The molecule has 15 heavy (non-hydrogen) atoms. The number of benzene rings is 1. The molecule has 0 fully saturated rings. The number of likely N-dealkylation sites (N-methyl/N-ethyl adjacent to an activating group) is 1. The third-order valence-corrected chi connectivity index (χ3v) is 2.53. The molecule has 0 aliphatic rings. The van der Waals surface area contributed by atoms with Crippen LogP contribution in [0.25, 0.3) is 0 Å². The summed E-state index contributed by atoms with van der Waals surface area (Å²) in [6.45, 7) is 7.53. The van der Waals surface area contributed by atoms with E-state index in [9.17, 15) is 0 Å². The number of hydrogen-bond acceptors (Lipinski definition) is 2. The summed E-state index contributed by atoms with van der Waals surface area (Å²) in [4.78, 5) is 2.28. The van der Waals surface area contributed by atoms with E-state index in [0.29, 0.717) is 0 Å². The minimum absolute atomic E-state index is 1.05. The van der Waals surface area contributed by atoms with Crippen molar-refractivity contribution in [3.63, 3.8) is 0 Å². The van der Waals surface area contributed by atoms with E-state index in [4.69, 9.17) is 0 Å². The summed E-state index contributed by atoms with van der Waals surface area (Å²) >= 11 is 0. The number of hydrogen-bond donors (Lipinski definition) is 1. The summed E-state index contributed by atoms with van der Waals surface area (Å²) in [5, 5.41) is 3.41. The quantitative estimate of drug-likeness (QED) is 0.719. The lowest BCUT2D eigenvalue weighted by atomic mass is 10.2. The second kappa shape index (κ2) is 6.46. The third-order valence-electron chi connectivity index (χ3n) is 2.53. The molecule has 0 unspecified atom stereocenters. The lowest BCUT2D eigenvalue weighted by Gasteiger charge is -2.19. The smallest absolute Gasteiger partial charge is 0.0364 e. The van der Waals surface area contributed by atoms with Crippen LogP contribution in [-0.2, 0) is 0 Å². The zero-order chi connectivity index (χ0) is 11.1. The Balaban J connectivity index is 2.33. The first kappa shape index (κ1) is 12.1. The molecule has 2 nitrogen and oxygen atoms in total. The van der Waals surface area contributed by atoms with Gasteiger partial charge in [0.05, 0.1) is 0 Å². The van der Waals surface area contributed by atoms with Crippen LogP contribution in [0, 0.1) is 6.92 Å². The molecular weight excluding hydrogens is 184 g/mol. The second-order valence-corrected chi connectivity index (χ2v) is 4.01. The largest absolute Gasteiger partial charge is 0.373 e. The van der Waals surface area contributed by atoms with Gasteiger partial charge in [0.15, 0.2) is 0 Å². The predicted octanol–water partition coefficient (Wildman–Crippen LogP) is 2.43. The topological polar surface area (TPSA) is 15.3 Å². The fourth-order valence-electron chi connectivity index (χ4n) is 1.48. The average Bonchev–Trinajstić information content (AvgIpc) is 2.25. The highest BCUT2D eigenvalue weighted by Crippen LogP contribution is 2.12. The van der Waals surface area contributed by atoms with Gasteiger partial charge in [-0.15, -0.1) is 0 Å². The highest BCUT2D eigenvalue weighted by Gasteiger charge is 1.98. The van der Waals surface area contributed by atoms with Crippen LogP contribution in [-0.4, -0.2) is 26.7 Å². The standard InChI is InChI=1S/C13H22N2/c1-4-9-14-10-11-15(3)13-7-5-12(2)6-8-13/h5-8,14H,4,9-11H2,1-3H3. The molecule has 0 amide bonds. The summed E-state index contributed by atoms with van der Waals surface area (Å²) < 4.78 is 0. The van der Waals surface area contributed by atoms with E-state index in [1.54, 1.807) is 0 Å². The number of nitrogens with one attached hydrogen (secondary N) is 1. The Hall–Kier alpha value is -1.02. The van der Waals surface area contributed by atoms with Crippen LogP contribution in [0.5, 0.6) is 0 Å². The maximum absolute atomic E-state index is 3.41. The molecule has 1 aromatic carbocycles. The number of aryl methyl sites for hydroxylation is 1. The van der Waals surface area contributed by atoms with E-state index in [1.165, 1.54) is 17.7 Å². The molecule has 0 radical (unpaired) electrons. The predicted molar refractivity (Wildman–Crippen MR) is 67.6 cm³/mol. The highest BCUT2D eigenvalue weighted by molar-refractivity contribution is 5.46. The van der Waals surface area contributed by atoms with Gasteiger partial charge < -0.3 is 10.2 Å². The van der Waals surface area contributed by atoms with Crippen LogP contribution in [0.15, 0.2) is 24.3 Å². The lowest BCUT2D eigenvalue weighted by Crippen LogP contribution is -2.29. The molecule has 0 aliphatic carbocycles. The van der Waals surface area contributed by atoms with Crippen LogP contribution in [0.1, 0.15) is 18.9 Å². The lowest BCUT2D eigenvalue weighted by molar-refractivity contribution is 0.666. The van der Waals surface area contributed by atoms with Crippen molar-refractivity contribution >= 4 is 5.69 Å². The van der Waals surface area contributed by atoms with E-state index >= 15 is 0 Å². The number of anilines is 1. The van der Waals surface area contributed by atoms with Crippen LogP contribution >= 0.6 is 0 Å². The average molecular weight is 206 g/mol. The molecule has 0 spiro atoms. The van der Waals surface area contributed by atoms with Crippen molar-refractivity contribution in [1.82, 2.24) is 5.32 Å². The van der Waals surface area contributed by atoms with E-state index < -0.39 is 0 Å².